The van der Waals surface area contributed by atoms with Crippen molar-refractivity contribution in [1.29, 1.82) is 0 Å². The number of hydrogen-bond acceptors (Lipinski definition) is 5. The van der Waals surface area contributed by atoms with Crippen LogP contribution in [0.15, 0.2) is 0 Å². The topological polar surface area (TPSA) is 69.1 Å². The van der Waals surface area contributed by atoms with Crippen molar-refractivity contribution in [3.63, 3.8) is 0 Å². The fraction of sp³-hybridized carbons (Fsp3) is 0.700. The Balaban J connectivity index is 1.96. The molecule has 86 valence electrons. The van der Waals surface area contributed by atoms with E-state index < -0.39 is 0 Å². The maximum atomic E-state index is 5.57. The fourth-order valence-electron chi connectivity index (χ4n) is 1.82. The molecule has 2 aromatic heterocycles. The van der Waals surface area contributed by atoms with Crippen molar-refractivity contribution in [2.45, 2.75) is 38.0 Å². The molecule has 0 spiro atoms. The molecule has 0 saturated heterocycles. The maximum absolute atomic E-state index is 5.57. The van der Waals surface area contributed by atoms with Gasteiger partial charge < -0.3 is 5.73 Å². The Morgan fingerprint density at radius 1 is 1.50 bits per heavy atom. The van der Waals surface area contributed by atoms with Crippen molar-refractivity contribution in [1.82, 2.24) is 19.8 Å². The Morgan fingerprint density at radius 2 is 2.31 bits per heavy atom. The molecule has 0 bridgehead atoms. The zero-order valence-corrected chi connectivity index (χ0v) is 10.1. The van der Waals surface area contributed by atoms with Gasteiger partial charge in [0.15, 0.2) is 5.82 Å². The van der Waals surface area contributed by atoms with Crippen LogP contribution in [-0.2, 0) is 0 Å². The van der Waals surface area contributed by atoms with Crippen LogP contribution in [0.1, 0.15) is 48.9 Å². The van der Waals surface area contributed by atoms with Gasteiger partial charge in [-0.25, -0.2) is 0 Å². The van der Waals surface area contributed by atoms with E-state index in [0.29, 0.717) is 18.4 Å². The van der Waals surface area contributed by atoms with Gasteiger partial charge in [-0.15, -0.1) is 10.2 Å². The molecule has 1 aliphatic carbocycles. The summed E-state index contributed by atoms with van der Waals surface area (Å²) < 4.78 is 1.92. The summed E-state index contributed by atoms with van der Waals surface area (Å²) >= 11 is 1.63. The van der Waals surface area contributed by atoms with E-state index in [2.05, 4.69) is 22.2 Å². The molecule has 5 nitrogen and oxygen atoms in total. The van der Waals surface area contributed by atoms with Gasteiger partial charge in [0, 0.05) is 11.8 Å². The highest BCUT2D eigenvalue weighted by Crippen LogP contribution is 2.39. The summed E-state index contributed by atoms with van der Waals surface area (Å²) in [5.74, 6) is 2.05. The van der Waals surface area contributed by atoms with Crippen LogP contribution in [0.5, 0.6) is 0 Å². The Morgan fingerprint density at radius 3 is 3.00 bits per heavy atom. The van der Waals surface area contributed by atoms with E-state index >= 15 is 0 Å². The van der Waals surface area contributed by atoms with Gasteiger partial charge in [0.1, 0.15) is 5.01 Å². The average molecular weight is 237 g/mol. The predicted octanol–water partition coefficient (Wildman–Crippen LogP) is 1.52. The van der Waals surface area contributed by atoms with Crippen LogP contribution in [0.25, 0.3) is 4.96 Å². The number of aromatic nitrogens is 4. The lowest BCUT2D eigenvalue weighted by Gasteiger charge is -2.03. The van der Waals surface area contributed by atoms with Crippen molar-refractivity contribution < 1.29 is 0 Å². The van der Waals surface area contributed by atoms with E-state index in [9.17, 15) is 0 Å². The van der Waals surface area contributed by atoms with Gasteiger partial charge in [-0.3, -0.25) is 0 Å². The van der Waals surface area contributed by atoms with E-state index in [0.717, 1.165) is 22.2 Å². The molecule has 6 heteroatoms. The molecule has 0 amide bonds. The van der Waals surface area contributed by atoms with Crippen LogP contribution >= 0.6 is 11.3 Å². The number of nitrogens with zero attached hydrogens (tertiary/aromatic N) is 4. The molecule has 1 aliphatic rings. The second-order valence-electron chi connectivity index (χ2n) is 4.45. The minimum atomic E-state index is 0.420. The molecule has 2 N–H and O–H groups in total. The Bertz CT molecular complexity index is 498. The summed E-state index contributed by atoms with van der Waals surface area (Å²) in [5.41, 5.74) is 5.57. The van der Waals surface area contributed by atoms with Gasteiger partial charge >= 0.3 is 0 Å². The van der Waals surface area contributed by atoms with Crippen molar-refractivity contribution in [2.75, 3.05) is 6.54 Å². The highest BCUT2D eigenvalue weighted by Gasteiger charge is 2.30. The zero-order valence-electron chi connectivity index (χ0n) is 9.26. The Hall–Kier alpha value is -1.01. The molecular weight excluding hydrogens is 222 g/mol. The summed E-state index contributed by atoms with van der Waals surface area (Å²) in [6, 6.07) is 0. The van der Waals surface area contributed by atoms with Crippen LogP contribution in [0.3, 0.4) is 0 Å². The number of rotatable bonds is 4. The normalized spacial score (nSPS) is 18.1. The van der Waals surface area contributed by atoms with E-state index in [-0.39, 0.29) is 0 Å². The molecule has 1 saturated carbocycles. The lowest BCUT2D eigenvalue weighted by atomic mass is 10.1. The molecule has 0 aliphatic heterocycles. The molecule has 1 fully saturated rings. The van der Waals surface area contributed by atoms with Gasteiger partial charge in [-0.2, -0.15) is 9.61 Å². The van der Waals surface area contributed by atoms with Gasteiger partial charge in [0.25, 0.3) is 0 Å². The van der Waals surface area contributed by atoms with Crippen LogP contribution in [0, 0.1) is 0 Å². The summed E-state index contributed by atoms with van der Waals surface area (Å²) in [6.07, 6.45) is 3.43. The van der Waals surface area contributed by atoms with Crippen LogP contribution in [0.4, 0.5) is 0 Å². The number of fused-ring (bicyclic) bond motifs is 1. The molecule has 3 rings (SSSR count). The third kappa shape index (κ3) is 1.62. The molecule has 0 aromatic carbocycles. The molecule has 0 radical (unpaired) electrons. The van der Waals surface area contributed by atoms with E-state index in [1.165, 1.54) is 12.8 Å². The minimum Gasteiger partial charge on any atom is -0.330 e. The van der Waals surface area contributed by atoms with E-state index in [1.807, 2.05) is 4.52 Å². The smallest absolute Gasteiger partial charge is 0.234 e. The van der Waals surface area contributed by atoms with Gasteiger partial charge in [-0.05, 0) is 25.8 Å². The lowest BCUT2D eigenvalue weighted by Crippen LogP contribution is -2.05. The summed E-state index contributed by atoms with van der Waals surface area (Å²) in [6.45, 7) is 2.87. The lowest BCUT2D eigenvalue weighted by molar-refractivity contribution is 0.665. The second-order valence-corrected chi connectivity index (χ2v) is 5.43. The van der Waals surface area contributed by atoms with Gasteiger partial charge in [0.2, 0.25) is 4.96 Å². The summed E-state index contributed by atoms with van der Waals surface area (Å²) in [4.78, 5) is 0.917. The maximum Gasteiger partial charge on any atom is 0.234 e. The molecule has 1 atom stereocenters. The first-order chi connectivity index (χ1) is 7.79. The second kappa shape index (κ2) is 3.78. The summed E-state index contributed by atoms with van der Waals surface area (Å²) in [7, 11) is 0. The van der Waals surface area contributed by atoms with Crippen molar-refractivity contribution in [3.8, 4) is 0 Å². The minimum absolute atomic E-state index is 0.420. The summed E-state index contributed by atoms with van der Waals surface area (Å²) in [5, 5.41) is 14.1. The SMILES string of the molecule is CC(CCN)c1nn2c(C3CC3)nnc2s1. The molecule has 16 heavy (non-hydrogen) atoms. The zero-order chi connectivity index (χ0) is 11.1. The average Bonchev–Trinajstić information content (AvgIpc) is 2.89. The van der Waals surface area contributed by atoms with E-state index in [1.54, 1.807) is 11.3 Å². The monoisotopic (exact) mass is 237 g/mol. The van der Waals surface area contributed by atoms with Crippen LogP contribution in [-0.4, -0.2) is 26.4 Å². The Labute approximate surface area is 97.7 Å². The van der Waals surface area contributed by atoms with Crippen LogP contribution < -0.4 is 5.73 Å². The first-order valence-electron chi connectivity index (χ1n) is 5.71. The Kier molecular flexibility index (Phi) is 2.40. The number of nitrogens with two attached hydrogens (primary N) is 1. The highest BCUT2D eigenvalue weighted by atomic mass is 32.1. The quantitative estimate of drug-likeness (QED) is 0.875. The fourth-order valence-corrected chi connectivity index (χ4v) is 2.75. The first-order valence-corrected chi connectivity index (χ1v) is 6.53. The largest absolute Gasteiger partial charge is 0.330 e. The molecule has 2 heterocycles. The standard InChI is InChI=1S/C10H15N5S/c1-6(4-5-11)9-14-15-8(7-2-3-7)12-13-10(15)16-9/h6-7H,2-5,11H2,1H3. The van der Waals surface area contributed by atoms with Crippen molar-refractivity contribution >= 4 is 16.3 Å². The third-order valence-electron chi connectivity index (χ3n) is 2.99. The third-order valence-corrected chi connectivity index (χ3v) is 4.12. The molecular formula is C10H15N5S. The van der Waals surface area contributed by atoms with Crippen molar-refractivity contribution in [3.05, 3.63) is 10.8 Å². The predicted molar refractivity (Wildman–Crippen MR) is 62.7 cm³/mol. The number of hydrogen-bond donors (Lipinski definition) is 1. The van der Waals surface area contributed by atoms with E-state index in [4.69, 9.17) is 5.73 Å². The molecule has 2 aromatic rings. The van der Waals surface area contributed by atoms with Gasteiger partial charge in [-0.1, -0.05) is 18.3 Å². The van der Waals surface area contributed by atoms with Crippen LogP contribution in [0.2, 0.25) is 0 Å². The molecule has 1 unspecified atom stereocenters. The first kappa shape index (κ1) is 10.2. The highest BCUT2D eigenvalue weighted by molar-refractivity contribution is 7.16. The van der Waals surface area contributed by atoms with Gasteiger partial charge in [0.05, 0.1) is 0 Å². The van der Waals surface area contributed by atoms with Crippen molar-refractivity contribution in [2.24, 2.45) is 5.73 Å².